The van der Waals surface area contributed by atoms with E-state index in [4.69, 9.17) is 10.5 Å². The Morgan fingerprint density at radius 1 is 1.14 bits per heavy atom. The summed E-state index contributed by atoms with van der Waals surface area (Å²) in [5.41, 5.74) is 10.1. The van der Waals surface area contributed by atoms with Crippen LogP contribution in [0.25, 0.3) is 0 Å². The van der Waals surface area contributed by atoms with E-state index in [-0.39, 0.29) is 6.04 Å². The molecule has 0 aliphatic carbocycles. The van der Waals surface area contributed by atoms with Crippen molar-refractivity contribution in [1.29, 1.82) is 0 Å². The van der Waals surface area contributed by atoms with E-state index in [9.17, 15) is 0 Å². The standard InChI is InChI=1S/C18H22BrNO/c1-13-3-5-14(6-4-13)7-9-17(20)12-15-11-16(19)8-10-18(15)21-2/h3-6,8,10-11,17H,7,9,12,20H2,1-2H3. The van der Waals surface area contributed by atoms with Gasteiger partial charge < -0.3 is 10.5 Å². The van der Waals surface area contributed by atoms with Crippen LogP contribution in [0, 0.1) is 6.92 Å². The Bertz CT molecular complexity index is 580. The molecule has 0 radical (unpaired) electrons. The van der Waals surface area contributed by atoms with Crippen molar-refractivity contribution in [3.63, 3.8) is 0 Å². The Kier molecular flexibility index (Phi) is 5.83. The first-order valence-electron chi connectivity index (χ1n) is 7.22. The first-order valence-corrected chi connectivity index (χ1v) is 8.01. The molecule has 2 rings (SSSR count). The van der Waals surface area contributed by atoms with Gasteiger partial charge in [-0.3, -0.25) is 0 Å². The van der Waals surface area contributed by atoms with Crippen molar-refractivity contribution in [3.05, 3.63) is 63.6 Å². The van der Waals surface area contributed by atoms with Gasteiger partial charge in [-0.1, -0.05) is 45.8 Å². The number of ether oxygens (including phenoxy) is 1. The summed E-state index contributed by atoms with van der Waals surface area (Å²) in [5, 5.41) is 0. The summed E-state index contributed by atoms with van der Waals surface area (Å²) in [6, 6.07) is 14.9. The van der Waals surface area contributed by atoms with Crippen molar-refractivity contribution in [2.75, 3.05) is 7.11 Å². The normalized spacial score (nSPS) is 12.2. The first kappa shape index (κ1) is 16.1. The van der Waals surface area contributed by atoms with Gasteiger partial charge in [0, 0.05) is 10.5 Å². The second-order valence-electron chi connectivity index (χ2n) is 5.44. The number of hydrogen-bond acceptors (Lipinski definition) is 2. The average Bonchev–Trinajstić information content (AvgIpc) is 2.47. The van der Waals surface area contributed by atoms with Crippen LogP contribution in [0.5, 0.6) is 5.75 Å². The van der Waals surface area contributed by atoms with Gasteiger partial charge >= 0.3 is 0 Å². The lowest BCUT2D eigenvalue weighted by Gasteiger charge is -2.15. The molecule has 21 heavy (non-hydrogen) atoms. The highest BCUT2D eigenvalue weighted by Crippen LogP contribution is 2.24. The van der Waals surface area contributed by atoms with E-state index in [2.05, 4.69) is 53.2 Å². The molecule has 0 bridgehead atoms. The third-order valence-corrected chi connectivity index (χ3v) is 4.14. The van der Waals surface area contributed by atoms with E-state index < -0.39 is 0 Å². The van der Waals surface area contributed by atoms with Gasteiger partial charge in [0.05, 0.1) is 7.11 Å². The third kappa shape index (κ3) is 4.87. The Balaban J connectivity index is 1.94. The number of aryl methyl sites for hydroxylation is 2. The monoisotopic (exact) mass is 347 g/mol. The van der Waals surface area contributed by atoms with Crippen LogP contribution in [0.4, 0.5) is 0 Å². The Labute approximate surface area is 135 Å². The zero-order valence-electron chi connectivity index (χ0n) is 12.6. The fraction of sp³-hybridized carbons (Fsp3) is 0.333. The zero-order valence-corrected chi connectivity index (χ0v) is 14.2. The Morgan fingerprint density at radius 3 is 2.52 bits per heavy atom. The fourth-order valence-electron chi connectivity index (χ4n) is 2.40. The van der Waals surface area contributed by atoms with Gasteiger partial charge in [0.25, 0.3) is 0 Å². The minimum absolute atomic E-state index is 0.134. The summed E-state index contributed by atoms with van der Waals surface area (Å²) in [5.74, 6) is 0.906. The number of halogens is 1. The number of benzene rings is 2. The van der Waals surface area contributed by atoms with Crippen LogP contribution in [0.15, 0.2) is 46.9 Å². The number of methoxy groups -OCH3 is 1. The van der Waals surface area contributed by atoms with Gasteiger partial charge in [0.1, 0.15) is 5.75 Å². The lowest BCUT2D eigenvalue weighted by molar-refractivity contribution is 0.407. The zero-order chi connectivity index (χ0) is 15.2. The van der Waals surface area contributed by atoms with E-state index in [0.29, 0.717) is 0 Å². The molecule has 3 heteroatoms. The number of hydrogen-bond donors (Lipinski definition) is 1. The molecule has 1 atom stereocenters. The predicted octanol–water partition coefficient (Wildman–Crippen LogP) is 4.27. The molecular weight excluding hydrogens is 326 g/mol. The number of nitrogens with two attached hydrogens (primary N) is 1. The van der Waals surface area contributed by atoms with E-state index in [1.165, 1.54) is 11.1 Å². The van der Waals surface area contributed by atoms with Crippen molar-refractivity contribution in [1.82, 2.24) is 0 Å². The third-order valence-electron chi connectivity index (χ3n) is 3.65. The van der Waals surface area contributed by atoms with Crippen molar-refractivity contribution in [2.45, 2.75) is 32.2 Å². The SMILES string of the molecule is COc1ccc(Br)cc1CC(N)CCc1ccc(C)cc1. The molecule has 0 saturated carbocycles. The van der Waals surface area contributed by atoms with Crippen LogP contribution >= 0.6 is 15.9 Å². The molecule has 112 valence electrons. The van der Waals surface area contributed by atoms with Crippen LogP contribution in [0.1, 0.15) is 23.1 Å². The van der Waals surface area contributed by atoms with Crippen LogP contribution in [-0.2, 0) is 12.8 Å². The van der Waals surface area contributed by atoms with Crippen LogP contribution < -0.4 is 10.5 Å². The summed E-state index contributed by atoms with van der Waals surface area (Å²) in [7, 11) is 1.70. The fourth-order valence-corrected chi connectivity index (χ4v) is 2.81. The molecule has 0 saturated heterocycles. The van der Waals surface area contributed by atoms with Gasteiger partial charge in [0.2, 0.25) is 0 Å². The summed E-state index contributed by atoms with van der Waals surface area (Å²) < 4.78 is 6.46. The lowest BCUT2D eigenvalue weighted by atomic mass is 9.99. The smallest absolute Gasteiger partial charge is 0.122 e. The van der Waals surface area contributed by atoms with Crippen LogP contribution in [0.3, 0.4) is 0 Å². The minimum atomic E-state index is 0.134. The molecule has 0 aromatic heterocycles. The summed E-state index contributed by atoms with van der Waals surface area (Å²) >= 11 is 3.50. The molecule has 2 aromatic carbocycles. The lowest BCUT2D eigenvalue weighted by Crippen LogP contribution is -2.23. The van der Waals surface area contributed by atoms with Crippen molar-refractivity contribution < 1.29 is 4.74 Å². The van der Waals surface area contributed by atoms with Crippen LogP contribution in [-0.4, -0.2) is 13.2 Å². The Morgan fingerprint density at radius 2 is 1.86 bits per heavy atom. The van der Waals surface area contributed by atoms with E-state index in [0.717, 1.165) is 35.0 Å². The molecule has 0 aliphatic heterocycles. The maximum absolute atomic E-state index is 6.29. The number of rotatable bonds is 6. The highest BCUT2D eigenvalue weighted by Gasteiger charge is 2.10. The largest absolute Gasteiger partial charge is 0.496 e. The van der Waals surface area contributed by atoms with Gasteiger partial charge in [-0.2, -0.15) is 0 Å². The highest BCUT2D eigenvalue weighted by atomic mass is 79.9. The quantitative estimate of drug-likeness (QED) is 0.846. The second-order valence-corrected chi connectivity index (χ2v) is 6.36. The Hall–Kier alpha value is -1.32. The van der Waals surface area contributed by atoms with Crippen molar-refractivity contribution in [3.8, 4) is 5.75 Å². The molecule has 1 unspecified atom stereocenters. The predicted molar refractivity (Wildman–Crippen MR) is 91.9 cm³/mol. The highest BCUT2D eigenvalue weighted by molar-refractivity contribution is 9.10. The summed E-state index contributed by atoms with van der Waals surface area (Å²) in [6.45, 7) is 2.11. The summed E-state index contributed by atoms with van der Waals surface area (Å²) in [6.07, 6.45) is 2.81. The molecule has 2 N–H and O–H groups in total. The van der Waals surface area contributed by atoms with Gasteiger partial charge in [-0.15, -0.1) is 0 Å². The first-order chi connectivity index (χ1) is 10.1. The molecule has 0 aliphatic rings. The average molecular weight is 348 g/mol. The molecule has 0 amide bonds. The van der Waals surface area contributed by atoms with E-state index >= 15 is 0 Å². The van der Waals surface area contributed by atoms with Crippen molar-refractivity contribution >= 4 is 15.9 Å². The molecule has 2 aromatic rings. The topological polar surface area (TPSA) is 35.2 Å². The molecule has 0 heterocycles. The molecular formula is C18H22BrNO. The van der Waals surface area contributed by atoms with Gasteiger partial charge in [-0.05, 0) is 55.5 Å². The maximum atomic E-state index is 6.29. The minimum Gasteiger partial charge on any atom is -0.496 e. The van der Waals surface area contributed by atoms with E-state index in [1.54, 1.807) is 7.11 Å². The van der Waals surface area contributed by atoms with E-state index in [1.807, 2.05) is 12.1 Å². The molecule has 0 fully saturated rings. The van der Waals surface area contributed by atoms with Gasteiger partial charge in [0.15, 0.2) is 0 Å². The summed E-state index contributed by atoms with van der Waals surface area (Å²) in [4.78, 5) is 0. The van der Waals surface area contributed by atoms with Crippen LogP contribution in [0.2, 0.25) is 0 Å². The second kappa shape index (κ2) is 7.62. The van der Waals surface area contributed by atoms with Crippen molar-refractivity contribution in [2.24, 2.45) is 5.73 Å². The molecule has 0 spiro atoms. The maximum Gasteiger partial charge on any atom is 0.122 e. The van der Waals surface area contributed by atoms with Gasteiger partial charge in [-0.25, -0.2) is 0 Å². The molecule has 2 nitrogen and oxygen atoms in total.